The molecule has 138 valence electrons. The van der Waals surface area contributed by atoms with Gasteiger partial charge in [0, 0.05) is 30.9 Å². The lowest BCUT2D eigenvalue weighted by atomic mass is 10.0. The van der Waals surface area contributed by atoms with Crippen LogP contribution in [0.25, 0.3) is 5.57 Å². The molecular formula is C19H26N6O. The largest absolute Gasteiger partial charge is 0.494 e. The highest BCUT2D eigenvalue weighted by Gasteiger charge is 2.14. The topological polar surface area (TPSA) is 75.2 Å². The number of likely N-dealkylation sites (N-methyl/N-ethyl adjacent to an activating group) is 1. The highest BCUT2D eigenvalue weighted by Crippen LogP contribution is 2.32. The van der Waals surface area contributed by atoms with E-state index in [2.05, 4.69) is 43.6 Å². The lowest BCUT2D eigenvalue weighted by Gasteiger charge is -2.13. The van der Waals surface area contributed by atoms with Crippen molar-refractivity contribution in [3.8, 4) is 5.75 Å². The summed E-state index contributed by atoms with van der Waals surface area (Å²) in [6, 6.07) is 3.91. The van der Waals surface area contributed by atoms with Crippen molar-refractivity contribution in [1.82, 2.24) is 19.9 Å². The van der Waals surface area contributed by atoms with Gasteiger partial charge in [0.1, 0.15) is 17.4 Å². The van der Waals surface area contributed by atoms with Crippen molar-refractivity contribution >= 4 is 23.2 Å². The first-order chi connectivity index (χ1) is 12.6. The number of hydrogen-bond donors (Lipinski definition) is 2. The van der Waals surface area contributed by atoms with Gasteiger partial charge in [-0.2, -0.15) is 4.98 Å². The second-order valence-corrected chi connectivity index (χ2v) is 6.46. The van der Waals surface area contributed by atoms with Gasteiger partial charge in [-0.3, -0.25) is 0 Å². The molecule has 0 aromatic carbocycles. The highest BCUT2D eigenvalue weighted by molar-refractivity contribution is 5.73. The Morgan fingerprint density at radius 2 is 2.04 bits per heavy atom. The van der Waals surface area contributed by atoms with Crippen molar-refractivity contribution in [2.45, 2.75) is 19.8 Å². The monoisotopic (exact) mass is 354 g/mol. The summed E-state index contributed by atoms with van der Waals surface area (Å²) in [5.74, 6) is 2.77. The quantitative estimate of drug-likeness (QED) is 0.854. The maximum absolute atomic E-state index is 5.54. The molecule has 0 atom stereocenters. The maximum Gasteiger partial charge on any atom is 0.230 e. The third-order valence-electron chi connectivity index (χ3n) is 4.42. The Morgan fingerprint density at radius 1 is 1.19 bits per heavy atom. The molecule has 3 heterocycles. The van der Waals surface area contributed by atoms with Gasteiger partial charge in [-0.1, -0.05) is 6.08 Å². The average molecular weight is 354 g/mol. The molecule has 7 heteroatoms. The molecule has 0 fully saturated rings. The number of rotatable bonds is 5. The van der Waals surface area contributed by atoms with E-state index in [-0.39, 0.29) is 0 Å². The Balaban J connectivity index is 1.91. The first kappa shape index (κ1) is 18.1. The Hall–Kier alpha value is -2.67. The normalized spacial score (nSPS) is 15.2. The molecule has 26 heavy (non-hydrogen) atoms. The molecule has 0 aliphatic carbocycles. The zero-order valence-electron chi connectivity index (χ0n) is 15.8. The molecule has 0 unspecified atom stereocenters. The number of methoxy groups -OCH3 is 1. The van der Waals surface area contributed by atoms with Crippen LogP contribution in [0.4, 0.5) is 17.6 Å². The molecule has 0 saturated carbocycles. The van der Waals surface area contributed by atoms with E-state index in [0.717, 1.165) is 48.8 Å². The van der Waals surface area contributed by atoms with Crippen LogP contribution in [0.15, 0.2) is 24.4 Å². The highest BCUT2D eigenvalue weighted by atomic mass is 16.5. The summed E-state index contributed by atoms with van der Waals surface area (Å²) >= 11 is 0. The zero-order valence-corrected chi connectivity index (χ0v) is 15.8. The number of nitrogens with zero attached hydrogens (tertiary/aromatic N) is 4. The van der Waals surface area contributed by atoms with Gasteiger partial charge in [0.15, 0.2) is 0 Å². The van der Waals surface area contributed by atoms with Gasteiger partial charge in [0.25, 0.3) is 0 Å². The minimum atomic E-state index is 0.521. The van der Waals surface area contributed by atoms with Crippen LogP contribution in [0, 0.1) is 6.92 Å². The maximum atomic E-state index is 5.54. The Bertz CT molecular complexity index is 805. The molecule has 3 rings (SSSR count). The zero-order chi connectivity index (χ0) is 18.5. The van der Waals surface area contributed by atoms with Gasteiger partial charge >= 0.3 is 0 Å². The van der Waals surface area contributed by atoms with Gasteiger partial charge < -0.3 is 20.3 Å². The molecule has 0 spiro atoms. The molecule has 2 N–H and O–H groups in total. The summed E-state index contributed by atoms with van der Waals surface area (Å²) in [5.41, 5.74) is 3.25. The molecule has 0 bridgehead atoms. The summed E-state index contributed by atoms with van der Waals surface area (Å²) in [4.78, 5) is 15.6. The molecule has 2 aromatic heterocycles. The summed E-state index contributed by atoms with van der Waals surface area (Å²) in [7, 11) is 5.66. The van der Waals surface area contributed by atoms with Crippen molar-refractivity contribution in [3.05, 3.63) is 35.7 Å². The predicted molar refractivity (Wildman–Crippen MR) is 105 cm³/mol. The van der Waals surface area contributed by atoms with Gasteiger partial charge in [-0.05, 0) is 45.0 Å². The number of nitrogens with one attached hydrogen (secondary N) is 2. The molecule has 1 aliphatic rings. The van der Waals surface area contributed by atoms with Crippen molar-refractivity contribution in [2.75, 3.05) is 44.9 Å². The van der Waals surface area contributed by atoms with Gasteiger partial charge in [-0.25, -0.2) is 9.97 Å². The number of allylic oxidation sites excluding steroid dienone is 1. The summed E-state index contributed by atoms with van der Waals surface area (Å²) in [6.07, 6.45) is 6.18. The fourth-order valence-electron chi connectivity index (χ4n) is 3.04. The van der Waals surface area contributed by atoms with Crippen molar-refractivity contribution in [3.63, 3.8) is 0 Å². The van der Waals surface area contributed by atoms with E-state index in [1.54, 1.807) is 13.3 Å². The number of aryl methyl sites for hydroxylation is 1. The average Bonchev–Trinajstić information content (AvgIpc) is 2.85. The molecular weight excluding hydrogens is 328 g/mol. The number of aromatic nitrogens is 3. The van der Waals surface area contributed by atoms with Crippen LogP contribution in [0.2, 0.25) is 0 Å². The van der Waals surface area contributed by atoms with Crippen LogP contribution in [0.5, 0.6) is 5.75 Å². The minimum Gasteiger partial charge on any atom is -0.494 e. The van der Waals surface area contributed by atoms with Gasteiger partial charge in [0.05, 0.1) is 13.3 Å². The number of pyridine rings is 1. The van der Waals surface area contributed by atoms with Crippen LogP contribution >= 0.6 is 0 Å². The number of ether oxygens (including phenoxy) is 1. The predicted octanol–water partition coefficient (Wildman–Crippen LogP) is 3.08. The number of anilines is 3. The Morgan fingerprint density at radius 3 is 2.81 bits per heavy atom. The molecule has 0 amide bonds. The van der Waals surface area contributed by atoms with Crippen LogP contribution in [0.1, 0.15) is 24.1 Å². The molecule has 0 radical (unpaired) electrons. The van der Waals surface area contributed by atoms with Gasteiger partial charge in [-0.15, -0.1) is 0 Å². The van der Waals surface area contributed by atoms with Crippen LogP contribution in [0.3, 0.4) is 0 Å². The lowest BCUT2D eigenvalue weighted by Crippen LogP contribution is -2.17. The van der Waals surface area contributed by atoms with E-state index in [0.29, 0.717) is 11.8 Å². The first-order valence-corrected chi connectivity index (χ1v) is 8.81. The Kier molecular flexibility index (Phi) is 5.68. The molecule has 7 nitrogen and oxygen atoms in total. The third-order valence-corrected chi connectivity index (χ3v) is 4.42. The lowest BCUT2D eigenvalue weighted by molar-refractivity contribution is 0.372. The number of hydrogen-bond acceptors (Lipinski definition) is 7. The summed E-state index contributed by atoms with van der Waals surface area (Å²) in [6.45, 7) is 3.98. The molecule has 0 saturated heterocycles. The standard InChI is InChI=1S/C19H26N6O/c1-13-10-17(20-2)23-19(22-13)24-18-11-15(16(26-4)12-21-18)14-6-5-8-25(3)9-7-14/h7,10-12H,5-6,8-9H2,1-4H3,(H2,20,21,22,23,24). The molecule has 1 aliphatic heterocycles. The fourth-order valence-corrected chi connectivity index (χ4v) is 3.04. The van der Waals surface area contributed by atoms with Crippen LogP contribution in [-0.4, -0.2) is 54.1 Å². The minimum absolute atomic E-state index is 0.521. The molecule has 2 aromatic rings. The van der Waals surface area contributed by atoms with E-state index < -0.39 is 0 Å². The van der Waals surface area contributed by atoms with Crippen LogP contribution < -0.4 is 15.4 Å². The summed E-state index contributed by atoms with van der Waals surface area (Å²) < 4.78 is 5.54. The Labute approximate surface area is 154 Å². The van der Waals surface area contributed by atoms with Crippen molar-refractivity contribution < 1.29 is 4.74 Å². The third kappa shape index (κ3) is 4.29. The van der Waals surface area contributed by atoms with E-state index in [4.69, 9.17) is 4.74 Å². The SMILES string of the molecule is CNc1cc(C)nc(Nc2cc(C3=CCN(C)CCC3)c(OC)cn2)n1. The fraction of sp³-hybridized carbons (Fsp3) is 0.421. The van der Waals surface area contributed by atoms with Crippen molar-refractivity contribution in [2.24, 2.45) is 0 Å². The van der Waals surface area contributed by atoms with Crippen LogP contribution in [-0.2, 0) is 0 Å². The van der Waals surface area contributed by atoms with E-state index >= 15 is 0 Å². The van der Waals surface area contributed by atoms with E-state index in [9.17, 15) is 0 Å². The smallest absolute Gasteiger partial charge is 0.230 e. The van der Waals surface area contributed by atoms with Crippen molar-refractivity contribution in [1.29, 1.82) is 0 Å². The second-order valence-electron chi connectivity index (χ2n) is 6.46. The van der Waals surface area contributed by atoms with E-state index in [1.807, 2.05) is 26.1 Å². The first-order valence-electron chi connectivity index (χ1n) is 8.81. The summed E-state index contributed by atoms with van der Waals surface area (Å²) in [5, 5.41) is 6.25. The van der Waals surface area contributed by atoms with E-state index in [1.165, 1.54) is 5.57 Å². The van der Waals surface area contributed by atoms with Gasteiger partial charge in [0.2, 0.25) is 5.95 Å². The second kappa shape index (κ2) is 8.14.